The van der Waals surface area contributed by atoms with Crippen LogP contribution in [0.1, 0.15) is 32.5 Å². The number of carbonyl (C=O) groups excluding carboxylic acids is 2. The molecule has 2 aromatic rings. The summed E-state index contributed by atoms with van der Waals surface area (Å²) in [4.78, 5) is 24.7. The second-order valence-electron chi connectivity index (χ2n) is 4.59. The van der Waals surface area contributed by atoms with Crippen molar-refractivity contribution in [1.82, 2.24) is 0 Å². The van der Waals surface area contributed by atoms with Gasteiger partial charge < -0.3 is 15.8 Å². The molecule has 0 radical (unpaired) electrons. The van der Waals surface area contributed by atoms with Crippen molar-refractivity contribution in [1.29, 1.82) is 0 Å². The molecular weight excluding hydrogens is 359 g/mol. The molecule has 0 saturated heterocycles. The van der Waals surface area contributed by atoms with Crippen molar-refractivity contribution in [2.75, 3.05) is 17.7 Å². The van der Waals surface area contributed by atoms with E-state index in [0.29, 0.717) is 26.2 Å². The fourth-order valence-electron chi connectivity index (χ4n) is 1.98. The van der Waals surface area contributed by atoms with Crippen molar-refractivity contribution in [3.8, 4) is 0 Å². The first-order chi connectivity index (χ1) is 10.8. The largest absolute Gasteiger partial charge is 0.462 e. The van der Waals surface area contributed by atoms with Crippen LogP contribution in [0.15, 0.2) is 18.2 Å². The van der Waals surface area contributed by atoms with Crippen LogP contribution in [0.2, 0.25) is 10.0 Å². The number of benzene rings is 1. The molecule has 0 fully saturated rings. The van der Waals surface area contributed by atoms with E-state index in [-0.39, 0.29) is 17.2 Å². The molecule has 0 saturated carbocycles. The van der Waals surface area contributed by atoms with E-state index in [1.165, 1.54) is 0 Å². The highest BCUT2D eigenvalue weighted by Gasteiger charge is 2.24. The summed E-state index contributed by atoms with van der Waals surface area (Å²) in [6.07, 6.45) is 0. The molecule has 0 atom stereocenters. The average molecular weight is 373 g/mol. The van der Waals surface area contributed by atoms with Gasteiger partial charge in [0.05, 0.1) is 27.8 Å². The molecule has 1 amide bonds. The minimum Gasteiger partial charge on any atom is -0.462 e. The standard InChI is InChI=1S/C15H14Cl2N2O3S/c1-3-22-15(21)11-7(2)12(23-13(11)18)14(20)19-10-6-8(16)4-5-9(10)17/h4-6H,3,18H2,1-2H3,(H,19,20). The molecule has 0 aliphatic carbocycles. The van der Waals surface area contributed by atoms with Crippen molar-refractivity contribution < 1.29 is 14.3 Å². The van der Waals surface area contributed by atoms with Gasteiger partial charge in [-0.05, 0) is 37.6 Å². The molecule has 0 bridgehead atoms. The van der Waals surface area contributed by atoms with E-state index in [0.717, 1.165) is 11.3 Å². The lowest BCUT2D eigenvalue weighted by Gasteiger charge is -2.07. The number of rotatable bonds is 4. The molecular formula is C15H14Cl2N2O3S. The number of nitrogen functional groups attached to an aromatic ring is 1. The lowest BCUT2D eigenvalue weighted by atomic mass is 10.1. The molecule has 0 aliphatic heterocycles. The Hall–Kier alpha value is -1.76. The summed E-state index contributed by atoms with van der Waals surface area (Å²) in [5.41, 5.74) is 6.93. The Morgan fingerprint density at radius 2 is 2.04 bits per heavy atom. The molecule has 0 aliphatic rings. The van der Waals surface area contributed by atoms with Crippen LogP contribution >= 0.6 is 34.5 Å². The van der Waals surface area contributed by atoms with E-state index < -0.39 is 11.9 Å². The maximum Gasteiger partial charge on any atom is 0.341 e. The van der Waals surface area contributed by atoms with E-state index in [1.807, 2.05) is 0 Å². The molecule has 3 N–H and O–H groups in total. The van der Waals surface area contributed by atoms with Crippen LogP contribution in [0.5, 0.6) is 0 Å². The molecule has 1 aromatic carbocycles. The fourth-order valence-corrected chi connectivity index (χ4v) is 3.28. The first-order valence-electron chi connectivity index (χ1n) is 6.67. The third-order valence-corrected chi connectivity index (χ3v) is 4.72. The average Bonchev–Trinajstić information content (AvgIpc) is 2.78. The van der Waals surface area contributed by atoms with Gasteiger partial charge >= 0.3 is 5.97 Å². The fraction of sp³-hybridized carbons (Fsp3) is 0.200. The number of amides is 1. The number of ether oxygens (including phenoxy) is 1. The normalized spacial score (nSPS) is 10.4. The Kier molecular flexibility index (Phi) is 5.51. The summed E-state index contributed by atoms with van der Waals surface area (Å²) >= 11 is 12.9. The lowest BCUT2D eigenvalue weighted by molar-refractivity contribution is 0.0527. The van der Waals surface area contributed by atoms with Gasteiger partial charge in [0.2, 0.25) is 0 Å². The zero-order valence-electron chi connectivity index (χ0n) is 12.4. The Balaban J connectivity index is 2.32. The summed E-state index contributed by atoms with van der Waals surface area (Å²) < 4.78 is 4.95. The van der Waals surface area contributed by atoms with Gasteiger partial charge in [0.25, 0.3) is 5.91 Å². The van der Waals surface area contributed by atoms with Gasteiger partial charge in [-0.2, -0.15) is 0 Å². The van der Waals surface area contributed by atoms with Gasteiger partial charge in [-0.15, -0.1) is 11.3 Å². The Bertz CT molecular complexity index is 774. The molecule has 23 heavy (non-hydrogen) atoms. The number of halogens is 2. The van der Waals surface area contributed by atoms with Gasteiger partial charge in [-0.3, -0.25) is 4.79 Å². The van der Waals surface area contributed by atoms with Crippen molar-refractivity contribution in [3.05, 3.63) is 44.2 Å². The molecule has 1 aromatic heterocycles. The molecule has 1 heterocycles. The maximum atomic E-state index is 12.4. The Morgan fingerprint density at radius 3 is 2.70 bits per heavy atom. The highest BCUT2D eigenvalue weighted by molar-refractivity contribution is 7.18. The number of hydrogen-bond donors (Lipinski definition) is 2. The highest BCUT2D eigenvalue weighted by Crippen LogP contribution is 2.33. The maximum absolute atomic E-state index is 12.4. The van der Waals surface area contributed by atoms with E-state index in [9.17, 15) is 9.59 Å². The number of nitrogens with one attached hydrogen (secondary N) is 1. The number of hydrogen-bond acceptors (Lipinski definition) is 5. The second kappa shape index (κ2) is 7.21. The lowest BCUT2D eigenvalue weighted by Crippen LogP contribution is -2.13. The minimum absolute atomic E-state index is 0.221. The van der Waals surface area contributed by atoms with E-state index in [1.54, 1.807) is 32.0 Å². The SMILES string of the molecule is CCOC(=O)c1c(N)sc(C(=O)Nc2cc(Cl)ccc2Cl)c1C. The summed E-state index contributed by atoms with van der Waals surface area (Å²) in [7, 11) is 0. The topological polar surface area (TPSA) is 81.4 Å². The number of nitrogens with two attached hydrogens (primary N) is 1. The Morgan fingerprint density at radius 1 is 1.35 bits per heavy atom. The number of anilines is 2. The van der Waals surface area contributed by atoms with Crippen LogP contribution in [0.4, 0.5) is 10.7 Å². The minimum atomic E-state index is -0.543. The smallest absolute Gasteiger partial charge is 0.341 e. The predicted octanol–water partition coefficient (Wildman–Crippen LogP) is 4.37. The van der Waals surface area contributed by atoms with Gasteiger partial charge in [-0.25, -0.2) is 4.79 Å². The molecule has 122 valence electrons. The molecule has 0 spiro atoms. The van der Waals surface area contributed by atoms with Crippen molar-refractivity contribution in [3.63, 3.8) is 0 Å². The third kappa shape index (κ3) is 3.77. The molecule has 2 rings (SSSR count). The highest BCUT2D eigenvalue weighted by atomic mass is 35.5. The van der Waals surface area contributed by atoms with Crippen LogP contribution in [0.25, 0.3) is 0 Å². The summed E-state index contributed by atoms with van der Waals surface area (Å²) in [6.45, 7) is 3.57. The van der Waals surface area contributed by atoms with Crippen LogP contribution in [0, 0.1) is 6.92 Å². The van der Waals surface area contributed by atoms with Crippen LogP contribution in [-0.4, -0.2) is 18.5 Å². The first kappa shape index (κ1) is 17.6. The number of esters is 1. The predicted molar refractivity (Wildman–Crippen MR) is 93.8 cm³/mol. The second-order valence-corrected chi connectivity index (χ2v) is 6.49. The van der Waals surface area contributed by atoms with Crippen LogP contribution in [0.3, 0.4) is 0 Å². The Labute approximate surface area is 147 Å². The zero-order chi connectivity index (χ0) is 17.1. The summed E-state index contributed by atoms with van der Waals surface area (Å²) in [5.74, 6) is -0.961. The summed E-state index contributed by atoms with van der Waals surface area (Å²) in [6, 6.07) is 4.74. The first-order valence-corrected chi connectivity index (χ1v) is 8.24. The van der Waals surface area contributed by atoms with Gasteiger partial charge in [0.1, 0.15) is 5.00 Å². The monoisotopic (exact) mass is 372 g/mol. The molecule has 0 unspecified atom stereocenters. The van der Waals surface area contributed by atoms with Gasteiger partial charge in [0, 0.05) is 5.02 Å². The van der Waals surface area contributed by atoms with Crippen molar-refractivity contribution >= 4 is 57.1 Å². The van der Waals surface area contributed by atoms with Gasteiger partial charge in [0.15, 0.2) is 0 Å². The van der Waals surface area contributed by atoms with E-state index in [4.69, 9.17) is 33.7 Å². The van der Waals surface area contributed by atoms with E-state index >= 15 is 0 Å². The number of carbonyl (C=O) groups is 2. The quantitative estimate of drug-likeness (QED) is 0.780. The van der Waals surface area contributed by atoms with Crippen molar-refractivity contribution in [2.45, 2.75) is 13.8 Å². The summed E-state index contributed by atoms with van der Waals surface area (Å²) in [5, 5.41) is 3.71. The molecule has 5 nitrogen and oxygen atoms in total. The van der Waals surface area contributed by atoms with Crippen molar-refractivity contribution in [2.24, 2.45) is 0 Å². The zero-order valence-corrected chi connectivity index (χ0v) is 14.7. The van der Waals surface area contributed by atoms with Crippen LogP contribution in [-0.2, 0) is 4.74 Å². The number of thiophene rings is 1. The van der Waals surface area contributed by atoms with E-state index in [2.05, 4.69) is 5.32 Å². The molecule has 8 heteroatoms. The van der Waals surface area contributed by atoms with Gasteiger partial charge in [-0.1, -0.05) is 23.2 Å². The third-order valence-electron chi connectivity index (χ3n) is 3.04. The van der Waals surface area contributed by atoms with Crippen LogP contribution < -0.4 is 11.1 Å².